The molecular weight excluding hydrogens is 265 g/mol. The van der Waals surface area contributed by atoms with Crippen molar-refractivity contribution in [3.8, 4) is 5.82 Å². The molecule has 0 saturated carbocycles. The summed E-state index contributed by atoms with van der Waals surface area (Å²) in [5.41, 5.74) is -2.16. The Morgan fingerprint density at radius 1 is 1.29 bits per heavy atom. The van der Waals surface area contributed by atoms with Crippen molar-refractivity contribution in [2.75, 3.05) is 0 Å². The second-order valence-electron chi connectivity index (χ2n) is 5.81. The molecule has 21 heavy (non-hydrogen) atoms. The van der Waals surface area contributed by atoms with E-state index in [0.29, 0.717) is 0 Å². The predicted octanol–water partition coefficient (Wildman–Crippen LogP) is 1.87. The van der Waals surface area contributed by atoms with Gasteiger partial charge in [0.2, 0.25) is 0 Å². The van der Waals surface area contributed by atoms with E-state index >= 15 is 0 Å². The average Bonchev–Trinajstić information content (AvgIpc) is 2.95. The van der Waals surface area contributed by atoms with Gasteiger partial charge in [-0.2, -0.15) is 5.10 Å². The fraction of sp³-hybridized carbons (Fsp3) is 0.467. The maximum Gasteiger partial charge on any atom is 0.495 e. The van der Waals surface area contributed by atoms with Crippen LogP contribution in [0, 0.1) is 6.85 Å². The molecule has 5 nitrogen and oxygen atoms in total. The quantitative estimate of drug-likeness (QED) is 0.793. The van der Waals surface area contributed by atoms with Gasteiger partial charge >= 0.3 is 7.12 Å². The molecule has 3 heterocycles. The van der Waals surface area contributed by atoms with E-state index in [9.17, 15) is 0 Å². The number of hydrogen-bond acceptors (Lipinski definition) is 4. The Bertz CT molecular complexity index is 973. The van der Waals surface area contributed by atoms with E-state index in [0.717, 1.165) is 4.68 Å². The summed E-state index contributed by atoms with van der Waals surface area (Å²) in [6.07, 6.45) is -1.79. The van der Waals surface area contributed by atoms with Gasteiger partial charge in [-0.25, -0.2) is 9.67 Å². The molecule has 0 spiro atoms. The lowest BCUT2D eigenvalue weighted by Gasteiger charge is -2.32. The van der Waals surface area contributed by atoms with Gasteiger partial charge < -0.3 is 9.31 Å². The second kappa shape index (κ2) is 4.68. The van der Waals surface area contributed by atoms with Crippen LogP contribution in [-0.4, -0.2) is 33.1 Å². The van der Waals surface area contributed by atoms with Crippen LogP contribution in [0.5, 0.6) is 0 Å². The van der Waals surface area contributed by atoms with Crippen LogP contribution in [0.1, 0.15) is 44.2 Å². The monoisotopic (exact) mass is 293 g/mol. The number of nitrogens with zero attached hydrogens (tertiary/aromatic N) is 3. The normalized spacial score (nSPS) is 26.0. The number of pyridine rings is 1. The van der Waals surface area contributed by atoms with E-state index < -0.39 is 55.3 Å². The Morgan fingerprint density at radius 3 is 2.62 bits per heavy atom. The van der Waals surface area contributed by atoms with Crippen molar-refractivity contribution in [3.63, 3.8) is 0 Å². The van der Waals surface area contributed by atoms with Crippen molar-refractivity contribution < 1.29 is 20.3 Å². The molecule has 1 aliphatic rings. The molecule has 1 aliphatic heterocycles. The smallest absolute Gasteiger partial charge is 0.399 e. The molecule has 3 rings (SSSR count). The van der Waals surface area contributed by atoms with E-state index in [-0.39, 0.29) is 17.3 Å². The topological polar surface area (TPSA) is 49.2 Å². The molecule has 0 N–H and O–H groups in total. The minimum atomic E-state index is -2.75. The number of hydrogen-bond donors (Lipinski definition) is 0. The Kier molecular flexibility index (Phi) is 1.68. The Morgan fingerprint density at radius 2 is 2.00 bits per heavy atom. The molecule has 110 valence electrons. The fourth-order valence-corrected chi connectivity index (χ4v) is 1.86. The zero-order valence-electron chi connectivity index (χ0n) is 20.2. The van der Waals surface area contributed by atoms with Gasteiger partial charge in [-0.15, -0.1) is 0 Å². The summed E-state index contributed by atoms with van der Waals surface area (Å²) in [6, 6.07) is -0.768. The van der Waals surface area contributed by atoms with Gasteiger partial charge in [0.25, 0.3) is 0 Å². The van der Waals surface area contributed by atoms with Crippen molar-refractivity contribution in [1.29, 1.82) is 0 Å². The van der Waals surface area contributed by atoms with Gasteiger partial charge in [0.05, 0.1) is 24.2 Å². The molecule has 0 radical (unpaired) electrons. The summed E-state index contributed by atoms with van der Waals surface area (Å²) < 4.78 is 75.6. The Balaban J connectivity index is 2.21. The highest BCUT2D eigenvalue weighted by Gasteiger charge is 2.51. The molecule has 0 aromatic carbocycles. The van der Waals surface area contributed by atoms with Crippen molar-refractivity contribution in [2.24, 2.45) is 0 Å². The summed E-state index contributed by atoms with van der Waals surface area (Å²) >= 11 is 0. The van der Waals surface area contributed by atoms with Crippen LogP contribution < -0.4 is 5.46 Å². The van der Waals surface area contributed by atoms with Gasteiger partial charge in [0, 0.05) is 16.5 Å². The van der Waals surface area contributed by atoms with Crippen LogP contribution in [-0.2, 0) is 9.31 Å². The first-order valence-corrected chi connectivity index (χ1v) is 6.49. The zero-order valence-corrected chi connectivity index (χ0v) is 12.2. The maximum absolute atomic E-state index is 8.51. The molecule has 2 aromatic rings. The third-order valence-corrected chi connectivity index (χ3v) is 3.77. The Labute approximate surface area is 136 Å². The van der Waals surface area contributed by atoms with E-state index in [1.165, 1.54) is 0 Å². The first-order valence-electron chi connectivity index (χ1n) is 10.5. The molecule has 2 aromatic heterocycles. The van der Waals surface area contributed by atoms with E-state index in [1.807, 2.05) is 0 Å². The highest BCUT2D eigenvalue weighted by Crippen LogP contribution is 2.36. The molecule has 0 amide bonds. The molecule has 0 unspecified atom stereocenters. The van der Waals surface area contributed by atoms with Crippen LogP contribution in [0.15, 0.2) is 30.6 Å². The SMILES string of the molecule is [2H]c1nc(-n2nc([2H])c(C([2H])([2H])[2H])c2[2H])c([2H])c(B2OC(C)(C)C(C)(C)O2)c1[2H]. The molecular formula is C15H20BN3O2. The third-order valence-electron chi connectivity index (χ3n) is 3.77. The molecule has 0 bridgehead atoms. The van der Waals surface area contributed by atoms with Crippen LogP contribution in [0.4, 0.5) is 0 Å². The van der Waals surface area contributed by atoms with Crippen molar-refractivity contribution >= 4 is 12.6 Å². The first-order chi connectivity index (χ1) is 13.1. The average molecular weight is 293 g/mol. The van der Waals surface area contributed by atoms with E-state index in [1.54, 1.807) is 27.7 Å². The zero-order chi connectivity index (χ0) is 22.1. The molecule has 1 saturated heterocycles. The number of aromatic nitrogens is 3. The highest BCUT2D eigenvalue weighted by molar-refractivity contribution is 6.62. The summed E-state index contributed by atoms with van der Waals surface area (Å²) in [5.74, 6) is -0.343. The van der Waals surface area contributed by atoms with Gasteiger partial charge in [-0.3, -0.25) is 0 Å². The lowest BCUT2D eigenvalue weighted by atomic mass is 9.80. The van der Waals surface area contributed by atoms with Crippen LogP contribution in [0.2, 0.25) is 0 Å². The van der Waals surface area contributed by atoms with Crippen molar-refractivity contribution in [1.82, 2.24) is 14.8 Å². The lowest BCUT2D eigenvalue weighted by molar-refractivity contribution is 0.00578. The maximum atomic E-state index is 8.51. The molecule has 6 heteroatoms. The largest absolute Gasteiger partial charge is 0.495 e. The summed E-state index contributed by atoms with van der Waals surface area (Å²) in [6.45, 7) is 4.45. The van der Waals surface area contributed by atoms with Crippen LogP contribution in [0.3, 0.4) is 0 Å². The highest BCUT2D eigenvalue weighted by atomic mass is 16.7. The minimum absolute atomic E-state index is 0.0736. The molecule has 0 aliphatic carbocycles. The van der Waals surface area contributed by atoms with E-state index in [4.69, 9.17) is 20.3 Å². The third kappa shape index (κ3) is 2.49. The van der Waals surface area contributed by atoms with Crippen LogP contribution in [0.25, 0.3) is 5.82 Å². The fourth-order valence-electron chi connectivity index (χ4n) is 1.86. The standard InChI is InChI=1S/C15H20BN3O2/c1-11-9-18-19(10-11)13-8-12(6-7-17-13)16-20-14(2,3)15(4,5)21-16/h6-10H,1-5H3/i1D3,6D,7D,8D,9D,10D. The predicted molar refractivity (Wildman–Crippen MR) is 81.8 cm³/mol. The summed E-state index contributed by atoms with van der Waals surface area (Å²) in [5, 5.41) is 3.73. The molecule has 0 atom stereocenters. The number of rotatable bonds is 2. The van der Waals surface area contributed by atoms with Crippen LogP contribution >= 0.6 is 0 Å². The van der Waals surface area contributed by atoms with Gasteiger partial charge in [0.1, 0.15) is 0 Å². The lowest BCUT2D eigenvalue weighted by Crippen LogP contribution is -2.41. The van der Waals surface area contributed by atoms with Crippen molar-refractivity contribution in [2.45, 2.75) is 45.7 Å². The first kappa shape index (κ1) is 7.56. The van der Waals surface area contributed by atoms with Crippen molar-refractivity contribution in [3.05, 3.63) is 36.2 Å². The van der Waals surface area contributed by atoms with Gasteiger partial charge in [0.15, 0.2) is 5.82 Å². The van der Waals surface area contributed by atoms with Gasteiger partial charge in [-0.1, -0.05) is 0 Å². The Hall–Kier alpha value is -1.66. The minimum Gasteiger partial charge on any atom is -0.399 e. The molecule has 1 fully saturated rings. The van der Waals surface area contributed by atoms with Gasteiger partial charge in [-0.05, 0) is 57.7 Å². The van der Waals surface area contributed by atoms with E-state index in [2.05, 4.69) is 10.1 Å². The summed E-state index contributed by atoms with van der Waals surface area (Å²) in [4.78, 5) is 3.84. The summed E-state index contributed by atoms with van der Waals surface area (Å²) in [7, 11) is -1.13. The second-order valence-corrected chi connectivity index (χ2v) is 5.81.